The molecule has 4 nitrogen and oxygen atoms in total. The summed E-state index contributed by atoms with van der Waals surface area (Å²) < 4.78 is 0. The van der Waals surface area contributed by atoms with Gasteiger partial charge in [-0.25, -0.2) is 9.78 Å². The molecule has 1 aromatic carbocycles. The zero-order valence-corrected chi connectivity index (χ0v) is 16.4. The fourth-order valence-corrected chi connectivity index (χ4v) is 3.47. The maximum atomic E-state index is 11.1. The molecule has 26 heavy (non-hydrogen) atoms. The summed E-state index contributed by atoms with van der Waals surface area (Å²) in [7, 11) is 0. The number of rotatable bonds is 13. The van der Waals surface area contributed by atoms with Crippen LogP contribution >= 0.6 is 0 Å². The normalized spacial score (nSPS) is 12.5. The topological polar surface area (TPSA) is 66.0 Å². The lowest BCUT2D eigenvalue weighted by molar-refractivity contribution is 0.0697. The van der Waals surface area contributed by atoms with E-state index in [1.54, 1.807) is 18.2 Å². The Kier molecular flexibility index (Phi) is 8.66. The largest absolute Gasteiger partial charge is 0.478 e. The molecule has 0 radical (unpaired) electrons. The number of aromatic carboxylic acids is 1. The second kappa shape index (κ2) is 11.0. The summed E-state index contributed by atoms with van der Waals surface area (Å²) in [6, 6.07) is 5.07. The molecule has 4 heteroatoms. The van der Waals surface area contributed by atoms with Crippen LogP contribution in [0, 0.1) is 0 Å². The van der Waals surface area contributed by atoms with Crippen LogP contribution in [-0.2, 0) is 0 Å². The minimum absolute atomic E-state index is 0.301. The van der Waals surface area contributed by atoms with Crippen molar-refractivity contribution in [2.24, 2.45) is 0 Å². The van der Waals surface area contributed by atoms with Crippen molar-refractivity contribution < 1.29 is 9.90 Å². The molecule has 0 aliphatic rings. The van der Waals surface area contributed by atoms with Crippen LogP contribution in [0.15, 0.2) is 18.2 Å². The molecular formula is C22H34N2O2. The van der Waals surface area contributed by atoms with E-state index in [2.05, 4.69) is 23.8 Å². The maximum absolute atomic E-state index is 11.1. The van der Waals surface area contributed by atoms with Crippen molar-refractivity contribution in [3.05, 3.63) is 29.6 Å². The second-order valence-corrected chi connectivity index (χ2v) is 7.53. The molecule has 0 saturated carbocycles. The predicted octanol–water partition coefficient (Wildman–Crippen LogP) is 6.68. The molecular weight excluding hydrogens is 324 g/mol. The lowest BCUT2D eigenvalue weighted by atomic mass is 10.0. The van der Waals surface area contributed by atoms with Crippen molar-refractivity contribution in [3.8, 4) is 0 Å². The predicted molar refractivity (Wildman–Crippen MR) is 108 cm³/mol. The number of aromatic amines is 1. The summed E-state index contributed by atoms with van der Waals surface area (Å²) in [6.45, 7) is 4.46. The van der Waals surface area contributed by atoms with Gasteiger partial charge in [-0.2, -0.15) is 0 Å². The van der Waals surface area contributed by atoms with Gasteiger partial charge in [0.25, 0.3) is 0 Å². The van der Waals surface area contributed by atoms with E-state index >= 15 is 0 Å². The average Bonchev–Trinajstić information content (AvgIpc) is 3.06. The summed E-state index contributed by atoms with van der Waals surface area (Å²) >= 11 is 0. The van der Waals surface area contributed by atoms with Gasteiger partial charge < -0.3 is 10.1 Å². The van der Waals surface area contributed by atoms with Crippen LogP contribution in [0.25, 0.3) is 11.0 Å². The standard InChI is InChI=1S/C22H34N2O2/c1-3-4-5-6-7-8-9-10-11-12-13-17(2)21-23-19-15-14-18(22(25)26)16-20(19)24-21/h14-17H,3-13H2,1-2H3,(H,23,24)(H,25,26). The number of H-pyrrole nitrogens is 1. The number of aromatic nitrogens is 2. The van der Waals surface area contributed by atoms with Crippen LogP contribution in [0.1, 0.15) is 107 Å². The third kappa shape index (κ3) is 6.47. The molecule has 2 aromatic rings. The molecule has 144 valence electrons. The van der Waals surface area contributed by atoms with Gasteiger partial charge in [0.2, 0.25) is 0 Å². The van der Waals surface area contributed by atoms with E-state index in [4.69, 9.17) is 5.11 Å². The number of benzene rings is 1. The highest BCUT2D eigenvalue weighted by Crippen LogP contribution is 2.23. The van der Waals surface area contributed by atoms with E-state index in [1.807, 2.05) is 0 Å². The first-order valence-electron chi connectivity index (χ1n) is 10.3. The maximum Gasteiger partial charge on any atom is 0.335 e. The number of nitrogens with zero attached hydrogens (tertiary/aromatic N) is 1. The van der Waals surface area contributed by atoms with Crippen molar-refractivity contribution in [3.63, 3.8) is 0 Å². The highest BCUT2D eigenvalue weighted by molar-refractivity contribution is 5.92. The Balaban J connectivity index is 1.66. The molecule has 0 aliphatic heterocycles. The van der Waals surface area contributed by atoms with E-state index in [1.165, 1.54) is 64.2 Å². The molecule has 1 atom stereocenters. The summed E-state index contributed by atoms with van der Waals surface area (Å²) in [6.07, 6.45) is 14.6. The van der Waals surface area contributed by atoms with E-state index in [-0.39, 0.29) is 0 Å². The zero-order valence-electron chi connectivity index (χ0n) is 16.4. The molecule has 0 spiro atoms. The van der Waals surface area contributed by atoms with Gasteiger partial charge in [0.15, 0.2) is 0 Å². The first-order chi connectivity index (χ1) is 12.6. The highest BCUT2D eigenvalue weighted by atomic mass is 16.4. The summed E-state index contributed by atoms with van der Waals surface area (Å²) in [5, 5.41) is 9.08. The molecule has 0 fully saturated rings. The first kappa shape index (κ1) is 20.5. The third-order valence-corrected chi connectivity index (χ3v) is 5.20. The first-order valence-corrected chi connectivity index (χ1v) is 10.3. The van der Waals surface area contributed by atoms with Crippen LogP contribution in [0.4, 0.5) is 0 Å². The van der Waals surface area contributed by atoms with Gasteiger partial charge in [0, 0.05) is 5.92 Å². The molecule has 1 aromatic heterocycles. The minimum atomic E-state index is -0.901. The SMILES string of the molecule is CCCCCCCCCCCCC(C)c1nc2ccc(C(=O)O)cc2[nH]1. The van der Waals surface area contributed by atoms with E-state index in [0.717, 1.165) is 23.3 Å². The quantitative estimate of drug-likeness (QED) is 0.393. The smallest absolute Gasteiger partial charge is 0.335 e. The van der Waals surface area contributed by atoms with Gasteiger partial charge in [0.1, 0.15) is 5.82 Å². The molecule has 2 N–H and O–H groups in total. The van der Waals surface area contributed by atoms with Crippen LogP contribution in [0.2, 0.25) is 0 Å². The van der Waals surface area contributed by atoms with Gasteiger partial charge >= 0.3 is 5.97 Å². The molecule has 1 unspecified atom stereocenters. The highest BCUT2D eigenvalue weighted by Gasteiger charge is 2.12. The Labute approximate surface area is 157 Å². The Morgan fingerprint density at radius 1 is 1.04 bits per heavy atom. The Hall–Kier alpha value is -1.84. The molecule has 1 heterocycles. The molecule has 0 amide bonds. The lowest BCUT2D eigenvalue weighted by Gasteiger charge is -2.08. The lowest BCUT2D eigenvalue weighted by Crippen LogP contribution is -1.96. The van der Waals surface area contributed by atoms with Crippen LogP contribution in [0.3, 0.4) is 0 Å². The minimum Gasteiger partial charge on any atom is -0.478 e. The van der Waals surface area contributed by atoms with E-state index < -0.39 is 5.97 Å². The number of carboxylic acid groups (broad SMARTS) is 1. The van der Waals surface area contributed by atoms with Crippen LogP contribution < -0.4 is 0 Å². The Morgan fingerprint density at radius 2 is 1.65 bits per heavy atom. The summed E-state index contributed by atoms with van der Waals surface area (Å²) in [4.78, 5) is 19.0. The van der Waals surface area contributed by atoms with Crippen molar-refractivity contribution >= 4 is 17.0 Å². The van der Waals surface area contributed by atoms with Crippen molar-refractivity contribution in [2.45, 2.75) is 90.4 Å². The molecule has 0 saturated heterocycles. The molecule has 0 bridgehead atoms. The fourth-order valence-electron chi connectivity index (χ4n) is 3.47. The van der Waals surface area contributed by atoms with Crippen LogP contribution in [0.5, 0.6) is 0 Å². The average molecular weight is 359 g/mol. The third-order valence-electron chi connectivity index (χ3n) is 5.20. The second-order valence-electron chi connectivity index (χ2n) is 7.53. The van der Waals surface area contributed by atoms with Crippen molar-refractivity contribution in [1.29, 1.82) is 0 Å². The zero-order chi connectivity index (χ0) is 18.8. The Bertz CT molecular complexity index is 678. The monoisotopic (exact) mass is 358 g/mol. The van der Waals surface area contributed by atoms with Gasteiger partial charge in [-0.15, -0.1) is 0 Å². The molecule has 2 rings (SSSR count). The van der Waals surface area contributed by atoms with Crippen molar-refractivity contribution in [2.75, 3.05) is 0 Å². The van der Waals surface area contributed by atoms with Crippen molar-refractivity contribution in [1.82, 2.24) is 9.97 Å². The summed E-state index contributed by atoms with van der Waals surface area (Å²) in [5.74, 6) is 0.449. The Morgan fingerprint density at radius 3 is 2.27 bits per heavy atom. The molecule has 0 aliphatic carbocycles. The van der Waals surface area contributed by atoms with Gasteiger partial charge in [-0.3, -0.25) is 0 Å². The van der Waals surface area contributed by atoms with Gasteiger partial charge in [0.05, 0.1) is 16.6 Å². The number of nitrogens with one attached hydrogen (secondary N) is 1. The van der Waals surface area contributed by atoms with Gasteiger partial charge in [-0.05, 0) is 24.6 Å². The number of hydrogen-bond acceptors (Lipinski definition) is 2. The fraction of sp³-hybridized carbons (Fsp3) is 0.636. The number of hydrogen-bond donors (Lipinski definition) is 2. The number of carboxylic acids is 1. The summed E-state index contributed by atoms with van der Waals surface area (Å²) in [5.41, 5.74) is 1.96. The number of fused-ring (bicyclic) bond motifs is 1. The van der Waals surface area contributed by atoms with Gasteiger partial charge in [-0.1, -0.05) is 78.1 Å². The number of carbonyl (C=O) groups is 1. The van der Waals surface area contributed by atoms with Crippen LogP contribution in [-0.4, -0.2) is 21.0 Å². The van der Waals surface area contributed by atoms with E-state index in [9.17, 15) is 4.79 Å². The number of imidazole rings is 1. The van der Waals surface area contributed by atoms with E-state index in [0.29, 0.717) is 11.5 Å². The number of unbranched alkanes of at least 4 members (excludes halogenated alkanes) is 9.